The average Bonchev–Trinajstić information content (AvgIpc) is 2.77. The van der Waals surface area contributed by atoms with Gasteiger partial charge in [0.05, 0.1) is 0 Å². The van der Waals surface area contributed by atoms with Crippen LogP contribution in [-0.2, 0) is 0 Å². The summed E-state index contributed by atoms with van der Waals surface area (Å²) in [4.78, 5) is 2.81. The molecule has 1 unspecified atom stereocenters. The second kappa shape index (κ2) is 6.19. The van der Waals surface area contributed by atoms with Crippen LogP contribution >= 0.6 is 0 Å². The number of nitrogens with one attached hydrogen (secondary N) is 1. The van der Waals surface area contributed by atoms with Crippen molar-refractivity contribution in [3.8, 4) is 0 Å². The molecule has 2 rings (SSSR count). The fourth-order valence-electron chi connectivity index (χ4n) is 3.97. The normalized spacial score (nSPS) is 29.6. The third kappa shape index (κ3) is 3.23. The summed E-state index contributed by atoms with van der Waals surface area (Å²) in [5.74, 6) is 0. The van der Waals surface area contributed by atoms with Gasteiger partial charge in [-0.25, -0.2) is 0 Å². The molecule has 0 aliphatic carbocycles. The first kappa shape index (κ1) is 13.4. The molecule has 2 nitrogen and oxygen atoms in total. The minimum atomic E-state index is 0.637. The van der Waals surface area contributed by atoms with E-state index in [1.54, 1.807) is 0 Å². The molecule has 2 fully saturated rings. The van der Waals surface area contributed by atoms with Gasteiger partial charge in [-0.15, -0.1) is 0 Å². The third-order valence-electron chi connectivity index (χ3n) is 4.95. The van der Waals surface area contributed by atoms with Crippen LogP contribution < -0.4 is 5.32 Å². The van der Waals surface area contributed by atoms with Crippen LogP contribution in [0, 0.1) is 5.41 Å². The van der Waals surface area contributed by atoms with Gasteiger partial charge in [0.2, 0.25) is 0 Å². The fourth-order valence-corrected chi connectivity index (χ4v) is 3.97. The average molecular weight is 238 g/mol. The van der Waals surface area contributed by atoms with E-state index in [9.17, 15) is 0 Å². The number of hydrogen-bond acceptors (Lipinski definition) is 2. The summed E-state index contributed by atoms with van der Waals surface area (Å²) < 4.78 is 0. The molecule has 0 saturated carbocycles. The molecule has 0 aromatic heterocycles. The summed E-state index contributed by atoms with van der Waals surface area (Å²) >= 11 is 0. The highest BCUT2D eigenvalue weighted by Crippen LogP contribution is 2.37. The molecule has 0 aromatic rings. The molecule has 1 N–H and O–H groups in total. The zero-order valence-corrected chi connectivity index (χ0v) is 11.8. The van der Waals surface area contributed by atoms with Crippen LogP contribution in [-0.4, -0.2) is 37.1 Å². The second-order valence-electron chi connectivity index (χ2n) is 6.17. The van der Waals surface area contributed by atoms with Crippen LogP contribution in [0.15, 0.2) is 0 Å². The van der Waals surface area contributed by atoms with E-state index in [0.29, 0.717) is 5.41 Å². The Kier molecular flexibility index (Phi) is 4.87. The van der Waals surface area contributed by atoms with E-state index in [0.717, 1.165) is 6.04 Å². The molecule has 0 spiro atoms. The van der Waals surface area contributed by atoms with Crippen molar-refractivity contribution in [3.05, 3.63) is 0 Å². The van der Waals surface area contributed by atoms with Gasteiger partial charge >= 0.3 is 0 Å². The highest BCUT2D eigenvalue weighted by atomic mass is 15.2. The van der Waals surface area contributed by atoms with Crippen molar-refractivity contribution in [1.82, 2.24) is 10.2 Å². The van der Waals surface area contributed by atoms with E-state index >= 15 is 0 Å². The highest BCUT2D eigenvalue weighted by Gasteiger charge is 2.35. The molecular formula is C15H30N2. The smallest absolute Gasteiger partial charge is 0.00933 e. The highest BCUT2D eigenvalue weighted by molar-refractivity contribution is 4.90. The summed E-state index contributed by atoms with van der Waals surface area (Å²) in [5, 5.41) is 3.53. The number of piperidine rings is 1. The van der Waals surface area contributed by atoms with Crippen molar-refractivity contribution < 1.29 is 0 Å². The summed E-state index contributed by atoms with van der Waals surface area (Å²) in [6.45, 7) is 9.93. The van der Waals surface area contributed by atoms with Crippen LogP contribution in [0.5, 0.6) is 0 Å². The van der Waals surface area contributed by atoms with Gasteiger partial charge in [0.25, 0.3) is 0 Å². The Bertz CT molecular complexity index is 215. The zero-order valence-electron chi connectivity index (χ0n) is 11.8. The fraction of sp³-hybridized carbons (Fsp3) is 1.00. The molecule has 100 valence electrons. The maximum atomic E-state index is 3.53. The predicted molar refractivity (Wildman–Crippen MR) is 74.3 cm³/mol. The molecular weight excluding hydrogens is 208 g/mol. The van der Waals surface area contributed by atoms with E-state index in [4.69, 9.17) is 0 Å². The van der Waals surface area contributed by atoms with Crippen LogP contribution in [0.4, 0.5) is 0 Å². The Morgan fingerprint density at radius 2 is 2.00 bits per heavy atom. The molecule has 0 amide bonds. The van der Waals surface area contributed by atoms with Crippen molar-refractivity contribution in [2.75, 3.05) is 26.2 Å². The maximum Gasteiger partial charge on any atom is 0.00933 e. The van der Waals surface area contributed by atoms with Gasteiger partial charge in [0.15, 0.2) is 0 Å². The topological polar surface area (TPSA) is 15.3 Å². The first-order valence-electron chi connectivity index (χ1n) is 7.74. The Balaban J connectivity index is 1.96. The SMILES string of the molecule is CCCC1(CN2CCCC2CC)CCNCC1. The second-order valence-corrected chi connectivity index (χ2v) is 6.17. The lowest BCUT2D eigenvalue weighted by Gasteiger charge is -2.42. The maximum absolute atomic E-state index is 3.53. The van der Waals surface area contributed by atoms with Crippen molar-refractivity contribution in [2.24, 2.45) is 5.41 Å². The largest absolute Gasteiger partial charge is 0.317 e. The molecule has 1 atom stereocenters. The Labute approximate surface area is 107 Å². The van der Waals surface area contributed by atoms with Crippen LogP contribution in [0.3, 0.4) is 0 Å². The third-order valence-corrected chi connectivity index (χ3v) is 4.95. The first-order valence-corrected chi connectivity index (χ1v) is 7.74. The summed E-state index contributed by atoms with van der Waals surface area (Å²) in [6.07, 6.45) is 9.80. The molecule has 2 saturated heterocycles. The standard InChI is InChI=1S/C15H30N2/c1-3-7-15(8-10-16-11-9-15)13-17-12-5-6-14(17)4-2/h14,16H,3-13H2,1-2H3. The molecule has 0 radical (unpaired) electrons. The summed E-state index contributed by atoms with van der Waals surface area (Å²) in [6, 6.07) is 0.888. The van der Waals surface area contributed by atoms with Crippen molar-refractivity contribution >= 4 is 0 Å². The molecule has 2 aliphatic heterocycles. The Morgan fingerprint density at radius 3 is 2.65 bits per heavy atom. The van der Waals surface area contributed by atoms with Crippen molar-refractivity contribution in [2.45, 2.75) is 64.8 Å². The molecule has 0 aromatic carbocycles. The molecule has 0 bridgehead atoms. The van der Waals surface area contributed by atoms with E-state index in [1.165, 1.54) is 71.1 Å². The number of likely N-dealkylation sites (tertiary alicyclic amines) is 1. The number of rotatable bonds is 5. The van der Waals surface area contributed by atoms with Gasteiger partial charge in [-0.2, -0.15) is 0 Å². The predicted octanol–water partition coefficient (Wildman–Crippen LogP) is 3.03. The van der Waals surface area contributed by atoms with E-state index < -0.39 is 0 Å². The first-order chi connectivity index (χ1) is 8.29. The van der Waals surface area contributed by atoms with Crippen molar-refractivity contribution in [3.63, 3.8) is 0 Å². The Hall–Kier alpha value is -0.0800. The molecule has 2 heteroatoms. The van der Waals surface area contributed by atoms with Crippen LogP contribution in [0.1, 0.15) is 58.8 Å². The van der Waals surface area contributed by atoms with Gasteiger partial charge in [0, 0.05) is 12.6 Å². The van der Waals surface area contributed by atoms with E-state index in [-0.39, 0.29) is 0 Å². The minimum Gasteiger partial charge on any atom is -0.317 e. The molecule has 2 heterocycles. The van der Waals surface area contributed by atoms with Crippen LogP contribution in [0.2, 0.25) is 0 Å². The number of nitrogens with zero attached hydrogens (tertiary/aromatic N) is 1. The quantitative estimate of drug-likeness (QED) is 0.792. The zero-order chi connectivity index (χ0) is 12.1. The number of hydrogen-bond donors (Lipinski definition) is 1. The van der Waals surface area contributed by atoms with Gasteiger partial charge < -0.3 is 5.32 Å². The van der Waals surface area contributed by atoms with Crippen LogP contribution in [0.25, 0.3) is 0 Å². The van der Waals surface area contributed by atoms with Crippen molar-refractivity contribution in [1.29, 1.82) is 0 Å². The van der Waals surface area contributed by atoms with E-state index in [2.05, 4.69) is 24.1 Å². The summed E-state index contributed by atoms with van der Waals surface area (Å²) in [7, 11) is 0. The lowest BCUT2D eigenvalue weighted by molar-refractivity contribution is 0.0919. The van der Waals surface area contributed by atoms with Gasteiger partial charge in [-0.1, -0.05) is 20.3 Å². The van der Waals surface area contributed by atoms with E-state index in [1.807, 2.05) is 0 Å². The lowest BCUT2D eigenvalue weighted by Crippen LogP contribution is -2.46. The molecule has 2 aliphatic rings. The monoisotopic (exact) mass is 238 g/mol. The minimum absolute atomic E-state index is 0.637. The van der Waals surface area contributed by atoms with Gasteiger partial charge in [-0.05, 0) is 63.6 Å². The molecule has 17 heavy (non-hydrogen) atoms. The summed E-state index contributed by atoms with van der Waals surface area (Å²) in [5.41, 5.74) is 0.637. The van der Waals surface area contributed by atoms with Gasteiger partial charge in [-0.3, -0.25) is 4.90 Å². The van der Waals surface area contributed by atoms with Gasteiger partial charge in [0.1, 0.15) is 0 Å². The lowest BCUT2D eigenvalue weighted by atomic mass is 9.75. The Morgan fingerprint density at radius 1 is 1.24 bits per heavy atom.